The summed E-state index contributed by atoms with van der Waals surface area (Å²) in [5, 5.41) is 9.22. The van der Waals surface area contributed by atoms with Gasteiger partial charge in [0.2, 0.25) is 5.91 Å². The lowest BCUT2D eigenvalue weighted by Crippen LogP contribution is -2.24. The van der Waals surface area contributed by atoms with Crippen LogP contribution < -0.4 is 5.32 Å². The van der Waals surface area contributed by atoms with Crippen LogP contribution in [0, 0.1) is 0 Å². The van der Waals surface area contributed by atoms with Gasteiger partial charge in [0.05, 0.1) is 17.7 Å². The van der Waals surface area contributed by atoms with Crippen molar-refractivity contribution in [3.8, 4) is 0 Å². The molecule has 2 aromatic rings. The number of amides is 1. The molecule has 2 heterocycles. The van der Waals surface area contributed by atoms with Crippen LogP contribution in [-0.4, -0.2) is 21.1 Å². The highest BCUT2D eigenvalue weighted by molar-refractivity contribution is 5.95. The van der Waals surface area contributed by atoms with Crippen molar-refractivity contribution in [2.75, 3.05) is 5.32 Å². The molecule has 8 heteroatoms. The molecule has 0 fully saturated rings. The topological polar surface area (TPSA) is 70.7 Å². The summed E-state index contributed by atoms with van der Waals surface area (Å²) in [4.78, 5) is 16.1. The Hall–Kier alpha value is -2.38. The molecule has 0 bridgehead atoms. The van der Waals surface area contributed by atoms with Gasteiger partial charge in [-0.2, -0.15) is 18.3 Å². The van der Waals surface area contributed by atoms with Gasteiger partial charge in [0.25, 0.3) is 0 Å². The van der Waals surface area contributed by atoms with Gasteiger partial charge in [-0.3, -0.25) is 9.89 Å². The van der Waals surface area contributed by atoms with E-state index in [1.165, 1.54) is 0 Å². The minimum absolute atomic E-state index is 0.101. The first-order valence-electron chi connectivity index (χ1n) is 6.81. The summed E-state index contributed by atoms with van der Waals surface area (Å²) in [6.45, 7) is 0. The molecule has 0 aliphatic heterocycles. The normalized spacial score (nSPS) is 17.9. The second-order valence-electron chi connectivity index (χ2n) is 5.17. The fraction of sp³-hybridized carbons (Fsp3) is 0.357. The molecule has 1 aliphatic carbocycles. The molecular weight excluding hydrogens is 297 g/mol. The van der Waals surface area contributed by atoms with Gasteiger partial charge in [0.1, 0.15) is 5.82 Å². The second-order valence-corrected chi connectivity index (χ2v) is 5.17. The molecule has 116 valence electrons. The molecular formula is C14H13F3N4O. The van der Waals surface area contributed by atoms with Gasteiger partial charge in [-0.1, -0.05) is 0 Å². The monoisotopic (exact) mass is 310 g/mol. The average molecular weight is 310 g/mol. The predicted octanol–water partition coefficient (Wildman–Crippen LogP) is 2.88. The van der Waals surface area contributed by atoms with Gasteiger partial charge in [-0.15, -0.1) is 0 Å². The third-order valence-corrected chi connectivity index (χ3v) is 3.70. The number of carbonyl (C=O) groups excluding carboxylic acids is 1. The number of alkyl halides is 3. The molecule has 0 aromatic carbocycles. The zero-order chi connectivity index (χ0) is 15.7. The Morgan fingerprint density at radius 1 is 1.41 bits per heavy atom. The zero-order valence-electron chi connectivity index (χ0n) is 11.4. The van der Waals surface area contributed by atoms with Gasteiger partial charge >= 0.3 is 6.18 Å². The summed E-state index contributed by atoms with van der Waals surface area (Å²) in [5.41, 5.74) is 0.865. The highest BCUT2D eigenvalue weighted by Crippen LogP contribution is 2.32. The van der Waals surface area contributed by atoms with E-state index in [1.54, 1.807) is 6.20 Å². The number of H-pyrrole nitrogens is 1. The lowest BCUT2D eigenvalue weighted by atomic mass is 9.86. The van der Waals surface area contributed by atoms with E-state index in [9.17, 15) is 18.0 Å². The summed E-state index contributed by atoms with van der Waals surface area (Å²) in [5.74, 6) is -0.886. The highest BCUT2D eigenvalue weighted by atomic mass is 19.4. The van der Waals surface area contributed by atoms with Crippen molar-refractivity contribution in [3.63, 3.8) is 0 Å². The molecule has 2 aromatic heterocycles. The number of halogens is 3. The largest absolute Gasteiger partial charge is 0.416 e. The molecule has 1 atom stereocenters. The standard InChI is InChI=1S/C14H13F3N4O/c15-14(16,17)8-4-5-18-12(6-8)20-13(22)9-2-1-3-11-10(9)7-19-21-11/h4-7,9H,1-3H2,(H,19,21)(H,18,20,22). The maximum atomic E-state index is 12.7. The Bertz CT molecular complexity index is 695. The van der Waals surface area contributed by atoms with Crippen molar-refractivity contribution < 1.29 is 18.0 Å². The maximum Gasteiger partial charge on any atom is 0.416 e. The van der Waals surface area contributed by atoms with Crippen LogP contribution in [0.5, 0.6) is 0 Å². The molecule has 1 aliphatic rings. The number of hydrogen-bond acceptors (Lipinski definition) is 3. The Morgan fingerprint density at radius 3 is 3.00 bits per heavy atom. The molecule has 0 radical (unpaired) electrons. The van der Waals surface area contributed by atoms with Crippen molar-refractivity contribution in [2.24, 2.45) is 0 Å². The number of aromatic nitrogens is 3. The van der Waals surface area contributed by atoms with E-state index in [2.05, 4.69) is 20.5 Å². The number of carbonyl (C=O) groups is 1. The van der Waals surface area contributed by atoms with Gasteiger partial charge < -0.3 is 5.32 Å². The van der Waals surface area contributed by atoms with Crippen LogP contribution in [0.25, 0.3) is 0 Å². The number of anilines is 1. The third-order valence-electron chi connectivity index (χ3n) is 3.70. The van der Waals surface area contributed by atoms with Crippen molar-refractivity contribution in [1.29, 1.82) is 0 Å². The summed E-state index contributed by atoms with van der Waals surface area (Å²) >= 11 is 0. The lowest BCUT2D eigenvalue weighted by Gasteiger charge is -2.21. The molecule has 0 spiro atoms. The van der Waals surface area contributed by atoms with E-state index in [4.69, 9.17) is 0 Å². The summed E-state index contributed by atoms with van der Waals surface area (Å²) in [7, 11) is 0. The van der Waals surface area contributed by atoms with E-state index >= 15 is 0 Å². The van der Waals surface area contributed by atoms with Crippen LogP contribution in [0.2, 0.25) is 0 Å². The lowest BCUT2D eigenvalue weighted by molar-refractivity contribution is -0.137. The maximum absolute atomic E-state index is 12.7. The first-order chi connectivity index (χ1) is 10.4. The number of rotatable bonds is 2. The van der Waals surface area contributed by atoms with Crippen LogP contribution >= 0.6 is 0 Å². The number of hydrogen-bond donors (Lipinski definition) is 2. The van der Waals surface area contributed by atoms with E-state index < -0.39 is 17.7 Å². The van der Waals surface area contributed by atoms with E-state index in [-0.39, 0.29) is 11.7 Å². The Labute approximate surface area is 123 Å². The molecule has 1 amide bonds. The first-order valence-corrected chi connectivity index (χ1v) is 6.81. The van der Waals surface area contributed by atoms with Gasteiger partial charge in [-0.25, -0.2) is 4.98 Å². The molecule has 5 nitrogen and oxygen atoms in total. The Morgan fingerprint density at radius 2 is 2.23 bits per heavy atom. The van der Waals surface area contributed by atoms with E-state index in [1.807, 2.05) is 0 Å². The SMILES string of the molecule is O=C(Nc1cc(C(F)(F)F)ccn1)C1CCCc2[nH]ncc21. The minimum Gasteiger partial charge on any atom is -0.310 e. The zero-order valence-corrected chi connectivity index (χ0v) is 11.4. The van der Waals surface area contributed by atoms with Gasteiger partial charge in [-0.05, 0) is 31.4 Å². The van der Waals surface area contributed by atoms with Gasteiger partial charge in [0.15, 0.2) is 0 Å². The summed E-state index contributed by atoms with van der Waals surface area (Å²) in [6.07, 6.45) is 0.438. The number of aromatic amines is 1. The van der Waals surface area contributed by atoms with Crippen molar-refractivity contribution >= 4 is 11.7 Å². The summed E-state index contributed by atoms with van der Waals surface area (Å²) < 4.78 is 38.0. The molecule has 0 saturated heterocycles. The van der Waals surface area contributed by atoms with Gasteiger partial charge in [0, 0.05) is 17.5 Å². The van der Waals surface area contributed by atoms with Crippen LogP contribution in [0.3, 0.4) is 0 Å². The number of fused-ring (bicyclic) bond motifs is 1. The molecule has 3 rings (SSSR count). The van der Waals surface area contributed by atoms with Crippen LogP contribution in [0.1, 0.15) is 35.6 Å². The Balaban J connectivity index is 1.79. The van der Waals surface area contributed by atoms with Crippen molar-refractivity contribution in [1.82, 2.24) is 15.2 Å². The summed E-state index contributed by atoms with van der Waals surface area (Å²) in [6, 6.07) is 1.70. The molecule has 1 unspecified atom stereocenters. The number of nitrogens with zero attached hydrogens (tertiary/aromatic N) is 2. The van der Waals surface area contributed by atoms with Crippen LogP contribution in [-0.2, 0) is 17.4 Å². The first kappa shape index (κ1) is 14.6. The smallest absolute Gasteiger partial charge is 0.310 e. The predicted molar refractivity (Wildman–Crippen MR) is 72.1 cm³/mol. The second kappa shape index (κ2) is 5.43. The fourth-order valence-electron chi connectivity index (χ4n) is 2.62. The number of aryl methyl sites for hydroxylation is 1. The van der Waals surface area contributed by atoms with Crippen molar-refractivity contribution in [2.45, 2.75) is 31.4 Å². The van der Waals surface area contributed by atoms with Crippen molar-refractivity contribution in [3.05, 3.63) is 41.3 Å². The van der Waals surface area contributed by atoms with E-state index in [0.717, 1.165) is 42.4 Å². The number of pyridine rings is 1. The van der Waals surface area contributed by atoms with Crippen LogP contribution in [0.15, 0.2) is 24.5 Å². The van der Waals surface area contributed by atoms with Crippen LogP contribution in [0.4, 0.5) is 19.0 Å². The molecule has 0 saturated carbocycles. The minimum atomic E-state index is -4.47. The number of nitrogens with one attached hydrogen (secondary N) is 2. The highest BCUT2D eigenvalue weighted by Gasteiger charge is 2.32. The molecule has 2 N–H and O–H groups in total. The van der Waals surface area contributed by atoms with E-state index in [0.29, 0.717) is 6.42 Å². The Kier molecular flexibility index (Phi) is 3.59. The quantitative estimate of drug-likeness (QED) is 0.896. The molecule has 22 heavy (non-hydrogen) atoms. The fourth-order valence-corrected chi connectivity index (χ4v) is 2.62. The third kappa shape index (κ3) is 2.81. The average Bonchev–Trinajstić information content (AvgIpc) is 2.94.